The van der Waals surface area contributed by atoms with Crippen LogP contribution in [-0.4, -0.2) is 9.97 Å². The van der Waals surface area contributed by atoms with Crippen LogP contribution in [0, 0.1) is 0 Å². The monoisotopic (exact) mass is 174 g/mol. The van der Waals surface area contributed by atoms with Gasteiger partial charge in [0.15, 0.2) is 5.15 Å². The summed E-state index contributed by atoms with van der Waals surface area (Å²) < 4.78 is 0. The zero-order valence-electron chi connectivity index (χ0n) is 5.01. The molecular formula is C6H4Cl2N2. The fourth-order valence-electron chi connectivity index (χ4n) is 0.493. The molecule has 1 aromatic rings. The summed E-state index contributed by atoms with van der Waals surface area (Å²) in [5.41, 5.74) is 0.547. The Bertz CT molecular complexity index is 260. The van der Waals surface area contributed by atoms with Crippen molar-refractivity contribution in [3.05, 3.63) is 28.8 Å². The van der Waals surface area contributed by atoms with Gasteiger partial charge in [-0.25, -0.2) is 4.98 Å². The summed E-state index contributed by atoms with van der Waals surface area (Å²) in [6.07, 6.45) is 2.94. The van der Waals surface area contributed by atoms with Crippen LogP contribution in [0.5, 0.6) is 0 Å². The minimum Gasteiger partial charge on any atom is -0.250 e. The second-order valence-electron chi connectivity index (χ2n) is 1.57. The van der Waals surface area contributed by atoms with E-state index in [1.54, 1.807) is 0 Å². The van der Waals surface area contributed by atoms with Gasteiger partial charge in [-0.2, -0.15) is 0 Å². The Morgan fingerprint density at radius 3 is 2.70 bits per heavy atom. The molecule has 0 aliphatic heterocycles. The lowest BCUT2D eigenvalue weighted by Crippen LogP contribution is -1.85. The summed E-state index contributed by atoms with van der Waals surface area (Å²) in [4.78, 5) is 7.59. The van der Waals surface area contributed by atoms with Crippen molar-refractivity contribution < 1.29 is 0 Å². The molecule has 0 aliphatic rings. The van der Waals surface area contributed by atoms with Crippen LogP contribution >= 0.6 is 23.2 Å². The Balaban J connectivity index is 3.19. The van der Waals surface area contributed by atoms with E-state index in [1.165, 1.54) is 12.3 Å². The molecule has 10 heavy (non-hydrogen) atoms. The Morgan fingerprint density at radius 2 is 2.20 bits per heavy atom. The van der Waals surface area contributed by atoms with Gasteiger partial charge in [-0.1, -0.05) is 29.8 Å². The molecule has 2 nitrogen and oxygen atoms in total. The molecule has 0 aromatic carbocycles. The van der Waals surface area contributed by atoms with Crippen molar-refractivity contribution in [2.75, 3.05) is 0 Å². The third kappa shape index (κ3) is 1.46. The molecule has 0 radical (unpaired) electrons. The molecule has 0 saturated heterocycles. The van der Waals surface area contributed by atoms with Gasteiger partial charge in [-0.05, 0) is 6.08 Å². The number of nitrogens with zero attached hydrogens (tertiary/aromatic N) is 2. The van der Waals surface area contributed by atoms with E-state index >= 15 is 0 Å². The predicted octanol–water partition coefficient (Wildman–Crippen LogP) is 2.43. The summed E-state index contributed by atoms with van der Waals surface area (Å²) in [6.45, 7) is 3.49. The zero-order valence-corrected chi connectivity index (χ0v) is 6.52. The molecule has 1 heterocycles. The molecule has 0 unspecified atom stereocenters. The Labute approximate surface area is 68.5 Å². The maximum Gasteiger partial charge on any atom is 0.156 e. The molecule has 0 aliphatic carbocycles. The van der Waals surface area contributed by atoms with Gasteiger partial charge in [0.05, 0.1) is 11.9 Å². The van der Waals surface area contributed by atoms with E-state index < -0.39 is 0 Å². The molecule has 0 atom stereocenters. The second kappa shape index (κ2) is 2.99. The predicted molar refractivity (Wildman–Crippen MR) is 42.1 cm³/mol. The highest BCUT2D eigenvalue weighted by atomic mass is 35.5. The topological polar surface area (TPSA) is 25.8 Å². The lowest BCUT2D eigenvalue weighted by atomic mass is 10.4. The number of rotatable bonds is 1. The fraction of sp³-hybridized carbons (Fsp3) is 0. The Hall–Kier alpha value is -0.600. The summed E-state index contributed by atoms with van der Waals surface area (Å²) in [6, 6.07) is 0. The van der Waals surface area contributed by atoms with Crippen LogP contribution in [-0.2, 0) is 0 Å². The molecule has 1 aromatic heterocycles. The van der Waals surface area contributed by atoms with Crippen molar-refractivity contribution in [1.29, 1.82) is 0 Å². The van der Waals surface area contributed by atoms with Crippen molar-refractivity contribution in [2.24, 2.45) is 0 Å². The third-order valence-corrected chi connectivity index (χ3v) is 1.38. The zero-order chi connectivity index (χ0) is 7.56. The van der Waals surface area contributed by atoms with Crippen LogP contribution in [0.3, 0.4) is 0 Å². The first kappa shape index (κ1) is 7.51. The molecule has 52 valence electrons. The first-order valence-corrected chi connectivity index (χ1v) is 3.30. The van der Waals surface area contributed by atoms with Gasteiger partial charge in [-0.15, -0.1) is 0 Å². The van der Waals surface area contributed by atoms with Gasteiger partial charge in [0.1, 0.15) is 5.15 Å². The van der Waals surface area contributed by atoms with Crippen LogP contribution in [0.2, 0.25) is 10.3 Å². The number of hydrogen-bond donors (Lipinski definition) is 0. The van der Waals surface area contributed by atoms with Crippen molar-refractivity contribution in [2.45, 2.75) is 0 Å². The summed E-state index contributed by atoms with van der Waals surface area (Å²) in [5.74, 6) is 0. The molecule has 0 N–H and O–H groups in total. The molecule has 1 rings (SSSR count). The third-order valence-electron chi connectivity index (χ3n) is 0.920. The summed E-state index contributed by atoms with van der Waals surface area (Å²) in [5, 5.41) is 0.568. The van der Waals surface area contributed by atoms with Gasteiger partial charge in [0.2, 0.25) is 0 Å². The van der Waals surface area contributed by atoms with Gasteiger partial charge < -0.3 is 0 Å². The highest BCUT2D eigenvalue weighted by molar-refractivity contribution is 6.32. The van der Waals surface area contributed by atoms with E-state index in [1.807, 2.05) is 0 Å². The second-order valence-corrected chi connectivity index (χ2v) is 2.32. The summed E-state index contributed by atoms with van der Waals surface area (Å²) in [7, 11) is 0. The molecule has 0 saturated carbocycles. The average Bonchev–Trinajstić information content (AvgIpc) is 1.88. The van der Waals surface area contributed by atoms with E-state index in [9.17, 15) is 0 Å². The minimum atomic E-state index is 0.280. The maximum atomic E-state index is 5.60. The van der Waals surface area contributed by atoms with Gasteiger partial charge >= 0.3 is 0 Å². The number of aromatic nitrogens is 2. The average molecular weight is 175 g/mol. The smallest absolute Gasteiger partial charge is 0.156 e. The quantitative estimate of drug-likeness (QED) is 0.654. The SMILES string of the molecule is C=Cc1ncc(Cl)nc1Cl. The van der Waals surface area contributed by atoms with E-state index in [2.05, 4.69) is 16.5 Å². The number of hydrogen-bond acceptors (Lipinski definition) is 2. The van der Waals surface area contributed by atoms with Gasteiger partial charge in [-0.3, -0.25) is 4.98 Å². The van der Waals surface area contributed by atoms with Crippen molar-refractivity contribution in [3.8, 4) is 0 Å². The molecule has 4 heteroatoms. The molecule has 0 fully saturated rings. The standard InChI is InChI=1S/C6H4Cl2N2/c1-2-4-6(8)10-5(7)3-9-4/h2-3H,1H2. The molecule has 0 bridgehead atoms. The lowest BCUT2D eigenvalue weighted by Gasteiger charge is -1.94. The highest BCUT2D eigenvalue weighted by Gasteiger charge is 1.98. The van der Waals surface area contributed by atoms with E-state index in [-0.39, 0.29) is 10.3 Å². The largest absolute Gasteiger partial charge is 0.250 e. The maximum absolute atomic E-state index is 5.60. The van der Waals surface area contributed by atoms with Crippen LogP contribution < -0.4 is 0 Å². The van der Waals surface area contributed by atoms with Crippen LogP contribution in [0.15, 0.2) is 12.8 Å². The number of halogens is 2. The van der Waals surface area contributed by atoms with E-state index in [0.29, 0.717) is 5.69 Å². The highest BCUT2D eigenvalue weighted by Crippen LogP contribution is 2.13. The molecule has 0 spiro atoms. The first-order chi connectivity index (χ1) is 4.74. The van der Waals surface area contributed by atoms with Gasteiger partial charge in [0, 0.05) is 0 Å². The Kier molecular flexibility index (Phi) is 2.25. The Morgan fingerprint density at radius 1 is 1.50 bits per heavy atom. The fourth-order valence-corrected chi connectivity index (χ4v) is 0.886. The van der Waals surface area contributed by atoms with E-state index in [0.717, 1.165) is 0 Å². The molecule has 0 amide bonds. The summed E-state index contributed by atoms with van der Waals surface area (Å²) >= 11 is 11.1. The van der Waals surface area contributed by atoms with Crippen LogP contribution in [0.1, 0.15) is 5.69 Å². The molecular weight excluding hydrogens is 171 g/mol. The van der Waals surface area contributed by atoms with Crippen molar-refractivity contribution in [1.82, 2.24) is 9.97 Å². The van der Waals surface area contributed by atoms with Crippen molar-refractivity contribution >= 4 is 29.3 Å². The normalized spacial score (nSPS) is 9.40. The van der Waals surface area contributed by atoms with Crippen molar-refractivity contribution in [3.63, 3.8) is 0 Å². The van der Waals surface area contributed by atoms with Crippen LogP contribution in [0.25, 0.3) is 6.08 Å². The lowest BCUT2D eigenvalue weighted by molar-refractivity contribution is 1.18. The van der Waals surface area contributed by atoms with Crippen LogP contribution in [0.4, 0.5) is 0 Å². The van der Waals surface area contributed by atoms with E-state index in [4.69, 9.17) is 23.2 Å². The minimum absolute atomic E-state index is 0.280. The first-order valence-electron chi connectivity index (χ1n) is 2.54. The van der Waals surface area contributed by atoms with Gasteiger partial charge in [0.25, 0.3) is 0 Å².